The Morgan fingerprint density at radius 1 is 1.82 bits per heavy atom. The van der Waals surface area contributed by atoms with Crippen molar-refractivity contribution in [2.75, 3.05) is 13.6 Å². The molecule has 4 nitrogen and oxygen atoms in total. The number of primary amides is 1. The lowest BCUT2D eigenvalue weighted by molar-refractivity contribution is -0.113. The number of amides is 1. The molecule has 1 amide bonds. The van der Waals surface area contributed by atoms with Crippen molar-refractivity contribution >= 4 is 5.91 Å². The summed E-state index contributed by atoms with van der Waals surface area (Å²) in [6.45, 7) is 2.17. The second-order valence-electron chi connectivity index (χ2n) is 2.38. The maximum atomic E-state index is 10.2. The molecular formula is C7H14N2O2. The molecular weight excluding hydrogens is 144 g/mol. The highest BCUT2D eigenvalue weighted by atomic mass is 16.3. The largest absolute Gasteiger partial charge is 0.379 e. The van der Waals surface area contributed by atoms with Gasteiger partial charge in [0.25, 0.3) is 0 Å². The third-order valence-corrected chi connectivity index (χ3v) is 1.31. The van der Waals surface area contributed by atoms with E-state index in [0.717, 1.165) is 0 Å². The van der Waals surface area contributed by atoms with Gasteiger partial charge in [0, 0.05) is 6.54 Å². The van der Waals surface area contributed by atoms with Crippen molar-refractivity contribution in [2.45, 2.75) is 13.2 Å². The van der Waals surface area contributed by atoms with Crippen LogP contribution in [0.5, 0.6) is 0 Å². The van der Waals surface area contributed by atoms with Gasteiger partial charge in [0.05, 0.1) is 0 Å². The zero-order valence-electron chi connectivity index (χ0n) is 6.82. The van der Waals surface area contributed by atoms with Crippen LogP contribution in [0, 0.1) is 0 Å². The number of rotatable bonds is 4. The molecule has 0 aromatic heterocycles. The number of likely N-dealkylation sites (N-methyl/N-ethyl adjacent to an activating group) is 1. The highest BCUT2D eigenvalue weighted by Crippen LogP contribution is 1.89. The van der Waals surface area contributed by atoms with E-state index in [0.29, 0.717) is 6.54 Å². The quantitative estimate of drug-likeness (QED) is 0.420. The Morgan fingerprint density at radius 2 is 2.36 bits per heavy atom. The molecule has 4 heteroatoms. The van der Waals surface area contributed by atoms with Crippen LogP contribution in [0.15, 0.2) is 12.2 Å². The molecule has 1 unspecified atom stereocenters. The van der Waals surface area contributed by atoms with E-state index in [1.54, 1.807) is 24.9 Å². The van der Waals surface area contributed by atoms with Gasteiger partial charge in [0.15, 0.2) is 0 Å². The van der Waals surface area contributed by atoms with Crippen LogP contribution >= 0.6 is 0 Å². The molecule has 0 saturated carbocycles. The lowest BCUT2D eigenvalue weighted by atomic mass is 10.4. The molecule has 0 radical (unpaired) electrons. The fourth-order valence-electron chi connectivity index (χ4n) is 0.488. The molecule has 0 rings (SSSR count). The van der Waals surface area contributed by atoms with Crippen molar-refractivity contribution in [2.24, 2.45) is 5.73 Å². The molecule has 0 fully saturated rings. The van der Waals surface area contributed by atoms with Gasteiger partial charge in [0.2, 0.25) is 5.91 Å². The molecule has 64 valence electrons. The first kappa shape index (κ1) is 10.1. The SMILES string of the molecule is CC(O)N(C)CC=CC(N)=O. The summed E-state index contributed by atoms with van der Waals surface area (Å²) in [6, 6.07) is 0. The van der Waals surface area contributed by atoms with Gasteiger partial charge < -0.3 is 10.8 Å². The molecule has 0 saturated heterocycles. The number of aliphatic hydroxyl groups is 1. The Bertz CT molecular complexity index is 155. The van der Waals surface area contributed by atoms with E-state index in [4.69, 9.17) is 10.8 Å². The predicted molar refractivity (Wildman–Crippen MR) is 42.6 cm³/mol. The molecule has 3 N–H and O–H groups in total. The van der Waals surface area contributed by atoms with Crippen molar-refractivity contribution in [3.05, 3.63) is 12.2 Å². The van der Waals surface area contributed by atoms with Gasteiger partial charge in [-0.25, -0.2) is 0 Å². The maximum absolute atomic E-state index is 10.2. The summed E-state index contributed by atoms with van der Waals surface area (Å²) in [5.74, 6) is -0.469. The minimum atomic E-state index is -0.507. The number of nitrogens with zero attached hydrogens (tertiary/aromatic N) is 1. The van der Waals surface area contributed by atoms with Crippen LogP contribution in [0.25, 0.3) is 0 Å². The standard InChI is InChI=1S/C7H14N2O2/c1-6(10)9(2)5-3-4-7(8)11/h3-4,6,10H,5H2,1-2H3,(H2,8,11). The lowest BCUT2D eigenvalue weighted by Gasteiger charge is -2.16. The molecule has 0 heterocycles. The van der Waals surface area contributed by atoms with Crippen molar-refractivity contribution in [1.29, 1.82) is 0 Å². The zero-order chi connectivity index (χ0) is 8.85. The molecule has 0 aliphatic rings. The first-order chi connectivity index (χ1) is 5.04. The molecule has 0 aliphatic heterocycles. The summed E-state index contributed by atoms with van der Waals surface area (Å²) in [5, 5.41) is 8.96. The average Bonchev–Trinajstić information content (AvgIpc) is 1.86. The highest BCUT2D eigenvalue weighted by molar-refractivity contribution is 5.85. The fourth-order valence-corrected chi connectivity index (χ4v) is 0.488. The van der Waals surface area contributed by atoms with E-state index in [9.17, 15) is 4.79 Å². The van der Waals surface area contributed by atoms with Gasteiger partial charge >= 0.3 is 0 Å². The second-order valence-corrected chi connectivity index (χ2v) is 2.38. The van der Waals surface area contributed by atoms with Gasteiger partial charge in [0.1, 0.15) is 6.23 Å². The molecule has 0 aliphatic carbocycles. The molecule has 0 aromatic carbocycles. The smallest absolute Gasteiger partial charge is 0.241 e. The summed E-state index contributed by atoms with van der Waals surface area (Å²) in [4.78, 5) is 11.9. The Labute approximate surface area is 66.3 Å². The number of hydrogen-bond donors (Lipinski definition) is 2. The van der Waals surface area contributed by atoms with Crippen LogP contribution in [0.2, 0.25) is 0 Å². The van der Waals surface area contributed by atoms with Gasteiger partial charge in [-0.05, 0) is 20.0 Å². The Morgan fingerprint density at radius 3 is 2.73 bits per heavy atom. The van der Waals surface area contributed by atoms with E-state index >= 15 is 0 Å². The molecule has 0 aromatic rings. The topological polar surface area (TPSA) is 66.6 Å². The summed E-state index contributed by atoms with van der Waals surface area (Å²) in [5.41, 5.74) is 4.85. The highest BCUT2D eigenvalue weighted by Gasteiger charge is 2.00. The van der Waals surface area contributed by atoms with E-state index in [2.05, 4.69) is 0 Å². The molecule has 0 bridgehead atoms. The number of carbonyl (C=O) groups excluding carboxylic acids is 1. The second kappa shape index (κ2) is 4.87. The average molecular weight is 158 g/mol. The van der Waals surface area contributed by atoms with Gasteiger partial charge in [-0.1, -0.05) is 6.08 Å². The summed E-state index contributed by atoms with van der Waals surface area (Å²) >= 11 is 0. The third-order valence-electron chi connectivity index (χ3n) is 1.31. The van der Waals surface area contributed by atoms with Gasteiger partial charge in [-0.3, -0.25) is 9.69 Å². The Balaban J connectivity index is 3.61. The number of aliphatic hydroxyl groups excluding tert-OH is 1. The van der Waals surface area contributed by atoms with Crippen LogP contribution in [-0.2, 0) is 4.79 Å². The van der Waals surface area contributed by atoms with Crippen LogP contribution in [-0.4, -0.2) is 35.7 Å². The minimum absolute atomic E-state index is 0.469. The van der Waals surface area contributed by atoms with Crippen molar-refractivity contribution in [3.8, 4) is 0 Å². The summed E-state index contributed by atoms with van der Waals surface area (Å²) in [6.07, 6.45) is 2.38. The maximum Gasteiger partial charge on any atom is 0.241 e. The number of nitrogens with two attached hydrogens (primary N) is 1. The van der Waals surface area contributed by atoms with Crippen molar-refractivity contribution < 1.29 is 9.90 Å². The summed E-state index contributed by atoms with van der Waals surface area (Å²) in [7, 11) is 1.75. The predicted octanol–water partition coefficient (Wildman–Crippen LogP) is -0.702. The monoisotopic (exact) mass is 158 g/mol. The number of hydrogen-bond acceptors (Lipinski definition) is 3. The van der Waals surface area contributed by atoms with Crippen molar-refractivity contribution in [1.82, 2.24) is 4.90 Å². The van der Waals surface area contributed by atoms with E-state index < -0.39 is 12.1 Å². The van der Waals surface area contributed by atoms with Crippen LogP contribution in [0.1, 0.15) is 6.92 Å². The minimum Gasteiger partial charge on any atom is -0.379 e. The first-order valence-corrected chi connectivity index (χ1v) is 3.38. The lowest BCUT2D eigenvalue weighted by Crippen LogP contribution is -2.28. The molecule has 1 atom stereocenters. The molecule has 11 heavy (non-hydrogen) atoms. The normalized spacial score (nSPS) is 14.2. The van der Waals surface area contributed by atoms with Crippen molar-refractivity contribution in [3.63, 3.8) is 0 Å². The first-order valence-electron chi connectivity index (χ1n) is 3.38. The van der Waals surface area contributed by atoms with E-state index in [-0.39, 0.29) is 0 Å². The van der Waals surface area contributed by atoms with E-state index in [1.807, 2.05) is 0 Å². The molecule has 0 spiro atoms. The Hall–Kier alpha value is -0.870. The fraction of sp³-hybridized carbons (Fsp3) is 0.571. The van der Waals surface area contributed by atoms with Gasteiger partial charge in [-0.2, -0.15) is 0 Å². The van der Waals surface area contributed by atoms with Crippen LogP contribution in [0.3, 0.4) is 0 Å². The third kappa shape index (κ3) is 5.57. The number of carbonyl (C=O) groups is 1. The Kier molecular flexibility index (Phi) is 4.49. The summed E-state index contributed by atoms with van der Waals surface area (Å²) < 4.78 is 0. The van der Waals surface area contributed by atoms with E-state index in [1.165, 1.54) is 6.08 Å². The zero-order valence-corrected chi connectivity index (χ0v) is 6.82. The van der Waals surface area contributed by atoms with Crippen LogP contribution < -0.4 is 5.73 Å². The van der Waals surface area contributed by atoms with Crippen LogP contribution in [0.4, 0.5) is 0 Å². The van der Waals surface area contributed by atoms with Gasteiger partial charge in [-0.15, -0.1) is 0 Å².